The van der Waals surface area contributed by atoms with E-state index in [2.05, 4.69) is 5.16 Å². The second-order valence-electron chi connectivity index (χ2n) is 6.68. The van der Waals surface area contributed by atoms with Crippen LogP contribution in [-0.2, 0) is 9.63 Å². The Hall–Kier alpha value is -2.67. The molecule has 1 spiro atoms. The Balaban J connectivity index is 1.47. The number of nitrogens with zero attached hydrogens (tertiary/aromatic N) is 2. The lowest BCUT2D eigenvalue weighted by molar-refractivity contribution is -0.129. The van der Waals surface area contributed by atoms with E-state index < -0.39 is 11.6 Å². The molecule has 0 radical (unpaired) electrons. The van der Waals surface area contributed by atoms with E-state index in [1.165, 1.54) is 4.88 Å². The van der Waals surface area contributed by atoms with Crippen LogP contribution in [0.3, 0.4) is 0 Å². The van der Waals surface area contributed by atoms with Crippen molar-refractivity contribution in [3.05, 3.63) is 47.3 Å². The highest BCUT2D eigenvalue weighted by atomic mass is 32.1. The maximum Gasteiger partial charge on any atom is 0.353 e. The van der Waals surface area contributed by atoms with E-state index >= 15 is 0 Å². The smallest absolute Gasteiger partial charge is 0.353 e. The van der Waals surface area contributed by atoms with Crippen LogP contribution in [0.25, 0.3) is 10.4 Å². The van der Waals surface area contributed by atoms with Crippen molar-refractivity contribution in [3.63, 3.8) is 0 Å². The van der Waals surface area contributed by atoms with Gasteiger partial charge in [0.2, 0.25) is 0 Å². The molecule has 26 heavy (non-hydrogen) atoms. The van der Waals surface area contributed by atoms with Gasteiger partial charge in [-0.3, -0.25) is 4.79 Å². The van der Waals surface area contributed by atoms with Crippen LogP contribution in [0, 0.1) is 0 Å². The second kappa shape index (κ2) is 6.57. The van der Waals surface area contributed by atoms with Gasteiger partial charge in [0.05, 0.1) is 6.54 Å². The third-order valence-corrected chi connectivity index (χ3v) is 5.77. The summed E-state index contributed by atoms with van der Waals surface area (Å²) < 4.78 is 0. The van der Waals surface area contributed by atoms with E-state index in [0.717, 1.165) is 12.0 Å². The minimum absolute atomic E-state index is 0.0274. The van der Waals surface area contributed by atoms with E-state index in [4.69, 9.17) is 9.94 Å². The number of thiophene rings is 1. The standard InChI is InChI=1S/C19H18N2O4S/c22-17(14-6-4-13(5-7-14)16-3-1-10-26-16)21-9-2-8-19(12-21)11-15(18(23)24)20-25-19/h1,3-7,10H,2,8-9,11-12H2,(H,23,24). The Morgan fingerprint density at radius 3 is 2.69 bits per heavy atom. The van der Waals surface area contributed by atoms with Crippen LogP contribution < -0.4 is 0 Å². The normalized spacial score (nSPS) is 22.2. The van der Waals surface area contributed by atoms with E-state index in [0.29, 0.717) is 25.1 Å². The predicted molar refractivity (Wildman–Crippen MR) is 98.4 cm³/mol. The van der Waals surface area contributed by atoms with Crippen molar-refractivity contribution < 1.29 is 19.5 Å². The van der Waals surface area contributed by atoms with E-state index in [-0.39, 0.29) is 18.0 Å². The first-order valence-corrected chi connectivity index (χ1v) is 9.36. The maximum absolute atomic E-state index is 12.9. The van der Waals surface area contributed by atoms with Gasteiger partial charge in [0.25, 0.3) is 5.91 Å². The maximum atomic E-state index is 12.9. The van der Waals surface area contributed by atoms with Gasteiger partial charge < -0.3 is 14.8 Å². The van der Waals surface area contributed by atoms with Gasteiger partial charge in [0, 0.05) is 23.4 Å². The minimum atomic E-state index is -1.06. The summed E-state index contributed by atoms with van der Waals surface area (Å²) in [5.41, 5.74) is 1.04. The van der Waals surface area contributed by atoms with Crippen molar-refractivity contribution in [3.8, 4) is 10.4 Å². The molecular weight excluding hydrogens is 352 g/mol. The molecule has 0 aliphatic carbocycles. The lowest BCUT2D eigenvalue weighted by Gasteiger charge is -2.38. The third-order valence-electron chi connectivity index (χ3n) is 4.85. The molecule has 2 aliphatic heterocycles. The van der Waals surface area contributed by atoms with Crippen molar-refractivity contribution in [2.45, 2.75) is 24.9 Å². The highest BCUT2D eigenvalue weighted by Gasteiger charge is 2.45. The third kappa shape index (κ3) is 3.10. The summed E-state index contributed by atoms with van der Waals surface area (Å²) in [5.74, 6) is -1.12. The first-order chi connectivity index (χ1) is 12.6. The van der Waals surface area contributed by atoms with Crippen molar-refractivity contribution >= 4 is 28.9 Å². The van der Waals surface area contributed by atoms with Crippen LogP contribution in [0.5, 0.6) is 0 Å². The van der Waals surface area contributed by atoms with Crippen LogP contribution in [0.4, 0.5) is 0 Å². The predicted octanol–water partition coefficient (Wildman–Crippen LogP) is 3.25. The van der Waals surface area contributed by atoms with Gasteiger partial charge in [-0.1, -0.05) is 23.4 Å². The highest BCUT2D eigenvalue weighted by molar-refractivity contribution is 7.13. The molecule has 1 aromatic heterocycles. The van der Waals surface area contributed by atoms with Gasteiger partial charge in [-0.15, -0.1) is 11.3 Å². The van der Waals surface area contributed by atoms with Crippen molar-refractivity contribution in [2.75, 3.05) is 13.1 Å². The Kier molecular flexibility index (Phi) is 4.24. The quantitative estimate of drug-likeness (QED) is 0.899. The molecule has 2 aromatic rings. The molecule has 1 saturated heterocycles. The topological polar surface area (TPSA) is 79.2 Å². The Morgan fingerprint density at radius 2 is 2.04 bits per heavy atom. The van der Waals surface area contributed by atoms with Crippen LogP contribution in [0.1, 0.15) is 29.6 Å². The fourth-order valence-corrected chi connectivity index (χ4v) is 4.26. The zero-order valence-corrected chi connectivity index (χ0v) is 14.9. The summed E-state index contributed by atoms with van der Waals surface area (Å²) >= 11 is 1.66. The van der Waals surface area contributed by atoms with Gasteiger partial charge in [0.15, 0.2) is 11.3 Å². The largest absolute Gasteiger partial charge is 0.477 e. The van der Waals surface area contributed by atoms with Gasteiger partial charge in [-0.2, -0.15) is 0 Å². The molecule has 6 nitrogen and oxygen atoms in total. The summed E-state index contributed by atoms with van der Waals surface area (Å²) in [6.07, 6.45) is 1.71. The van der Waals surface area contributed by atoms with Gasteiger partial charge in [0.1, 0.15) is 0 Å². The number of carboxylic acids is 1. The summed E-state index contributed by atoms with van der Waals surface area (Å²) in [6.45, 7) is 0.998. The van der Waals surface area contributed by atoms with Crippen molar-refractivity contribution in [1.82, 2.24) is 4.90 Å². The highest BCUT2D eigenvalue weighted by Crippen LogP contribution is 2.34. The fourth-order valence-electron chi connectivity index (χ4n) is 3.53. The molecule has 1 N–H and O–H groups in total. The number of likely N-dealkylation sites (tertiary alicyclic amines) is 1. The number of piperidine rings is 1. The molecule has 7 heteroatoms. The summed E-state index contributed by atoms with van der Waals surface area (Å²) in [7, 11) is 0. The first kappa shape index (κ1) is 16.8. The molecule has 1 atom stereocenters. The Labute approximate surface area is 154 Å². The average molecular weight is 370 g/mol. The number of carbonyl (C=O) groups excluding carboxylic acids is 1. The molecule has 1 unspecified atom stereocenters. The molecule has 0 bridgehead atoms. The number of aliphatic carboxylic acids is 1. The average Bonchev–Trinajstić information content (AvgIpc) is 3.32. The number of carbonyl (C=O) groups is 2. The molecule has 0 saturated carbocycles. The first-order valence-electron chi connectivity index (χ1n) is 8.48. The number of benzene rings is 1. The van der Waals surface area contributed by atoms with Crippen LogP contribution in [-0.4, -0.2) is 46.3 Å². The zero-order valence-electron chi connectivity index (χ0n) is 14.1. The number of amides is 1. The SMILES string of the molecule is O=C(O)C1=NOC2(CCCN(C(=O)c3ccc(-c4cccs4)cc3)C2)C1. The number of oxime groups is 1. The van der Waals surface area contributed by atoms with Crippen LogP contribution in [0.15, 0.2) is 46.9 Å². The van der Waals surface area contributed by atoms with Crippen LogP contribution in [0.2, 0.25) is 0 Å². The molecule has 2 aliphatic rings. The number of rotatable bonds is 3. The summed E-state index contributed by atoms with van der Waals surface area (Å²) in [6, 6.07) is 11.6. The van der Waals surface area contributed by atoms with Crippen LogP contribution >= 0.6 is 11.3 Å². The van der Waals surface area contributed by atoms with Crippen molar-refractivity contribution in [2.24, 2.45) is 5.16 Å². The Bertz CT molecular complexity index is 860. The second-order valence-corrected chi connectivity index (χ2v) is 7.63. The van der Waals surface area contributed by atoms with E-state index in [9.17, 15) is 9.59 Å². The molecule has 3 heterocycles. The van der Waals surface area contributed by atoms with Gasteiger partial charge >= 0.3 is 5.97 Å². The van der Waals surface area contributed by atoms with Gasteiger partial charge in [-0.25, -0.2) is 4.79 Å². The molecular formula is C19H18N2O4S. The number of hydrogen-bond donors (Lipinski definition) is 1. The summed E-state index contributed by atoms with van der Waals surface area (Å²) in [4.78, 5) is 32.3. The monoisotopic (exact) mass is 370 g/mol. The molecule has 134 valence electrons. The lowest BCUT2D eigenvalue weighted by atomic mass is 9.88. The van der Waals surface area contributed by atoms with Crippen molar-refractivity contribution in [1.29, 1.82) is 0 Å². The Morgan fingerprint density at radius 1 is 1.23 bits per heavy atom. The summed E-state index contributed by atoms with van der Waals surface area (Å²) in [5, 5.41) is 14.8. The molecule has 1 fully saturated rings. The molecule has 1 aromatic carbocycles. The molecule has 4 rings (SSSR count). The number of carboxylic acid groups (broad SMARTS) is 1. The molecule has 1 amide bonds. The van der Waals surface area contributed by atoms with Gasteiger partial charge in [-0.05, 0) is 42.0 Å². The zero-order chi connectivity index (χ0) is 18.1. The lowest BCUT2D eigenvalue weighted by Crippen LogP contribution is -2.50. The fraction of sp³-hybridized carbons (Fsp3) is 0.316. The van der Waals surface area contributed by atoms with E-state index in [1.54, 1.807) is 16.2 Å². The minimum Gasteiger partial charge on any atom is -0.477 e. The number of hydrogen-bond acceptors (Lipinski definition) is 5. The van der Waals surface area contributed by atoms with E-state index in [1.807, 2.05) is 41.8 Å².